The van der Waals surface area contributed by atoms with Gasteiger partial charge in [0, 0.05) is 4.88 Å². The fourth-order valence-corrected chi connectivity index (χ4v) is 2.49. The monoisotopic (exact) mass is 309 g/mol. The first-order valence-electron chi connectivity index (χ1n) is 6.18. The number of thiazole rings is 1. The second-order valence-corrected chi connectivity index (χ2v) is 5.66. The van der Waals surface area contributed by atoms with Crippen molar-refractivity contribution in [2.75, 3.05) is 5.32 Å². The number of hydrogen-bond acceptors (Lipinski definition) is 5. The molecule has 2 heterocycles. The highest BCUT2D eigenvalue weighted by atomic mass is 32.1. The predicted octanol–water partition coefficient (Wildman–Crippen LogP) is 2.68. The van der Waals surface area contributed by atoms with E-state index in [0.29, 0.717) is 16.7 Å². The van der Waals surface area contributed by atoms with Crippen LogP contribution in [0.15, 0.2) is 10.5 Å². The largest absolute Gasteiger partial charge is 0.478 e. The summed E-state index contributed by atoms with van der Waals surface area (Å²) >= 11 is 1.39. The summed E-state index contributed by atoms with van der Waals surface area (Å²) in [6, 6.07) is 0.977. The molecule has 8 heteroatoms. The number of aromatic carboxylic acids is 1. The van der Waals surface area contributed by atoms with Crippen molar-refractivity contribution in [1.29, 1.82) is 0 Å². The Morgan fingerprint density at radius 2 is 2.10 bits per heavy atom. The predicted molar refractivity (Wildman–Crippen MR) is 77.9 cm³/mol. The van der Waals surface area contributed by atoms with Crippen LogP contribution in [0.1, 0.15) is 32.4 Å². The van der Waals surface area contributed by atoms with E-state index in [1.807, 2.05) is 13.8 Å². The van der Waals surface area contributed by atoms with Gasteiger partial charge in [0.15, 0.2) is 5.13 Å². The highest BCUT2D eigenvalue weighted by Crippen LogP contribution is 2.21. The normalized spacial score (nSPS) is 10.4. The summed E-state index contributed by atoms with van der Waals surface area (Å²) in [5, 5.41) is 14.6. The maximum absolute atomic E-state index is 11.7. The van der Waals surface area contributed by atoms with E-state index in [-0.39, 0.29) is 12.1 Å². The number of nitrogens with one attached hydrogen (secondary N) is 2. The Morgan fingerprint density at radius 1 is 1.38 bits per heavy atom. The first-order valence-corrected chi connectivity index (χ1v) is 7.00. The van der Waals surface area contributed by atoms with Crippen molar-refractivity contribution in [3.63, 3.8) is 0 Å². The molecule has 2 amide bonds. The third kappa shape index (κ3) is 3.60. The number of urea groups is 1. The number of amides is 2. The van der Waals surface area contributed by atoms with Gasteiger partial charge in [-0.2, -0.15) is 0 Å². The fourth-order valence-electron chi connectivity index (χ4n) is 1.68. The molecule has 0 fully saturated rings. The number of rotatable bonds is 4. The van der Waals surface area contributed by atoms with Crippen molar-refractivity contribution in [1.82, 2.24) is 10.3 Å². The van der Waals surface area contributed by atoms with E-state index >= 15 is 0 Å². The van der Waals surface area contributed by atoms with Crippen LogP contribution in [0.5, 0.6) is 0 Å². The minimum absolute atomic E-state index is 0.0957. The van der Waals surface area contributed by atoms with Crippen molar-refractivity contribution >= 4 is 28.5 Å². The summed E-state index contributed by atoms with van der Waals surface area (Å²) in [4.78, 5) is 27.8. The van der Waals surface area contributed by atoms with Gasteiger partial charge >= 0.3 is 12.0 Å². The lowest BCUT2D eigenvalue weighted by Gasteiger charge is -2.03. The average Bonchev–Trinajstić information content (AvgIpc) is 2.91. The number of furan rings is 1. The Bertz CT molecular complexity index is 670. The Hall–Kier alpha value is -2.35. The number of carboxylic acids is 1. The number of aryl methyl sites for hydroxylation is 3. The average molecular weight is 309 g/mol. The van der Waals surface area contributed by atoms with Crippen molar-refractivity contribution in [3.8, 4) is 0 Å². The van der Waals surface area contributed by atoms with Gasteiger partial charge in [-0.3, -0.25) is 5.32 Å². The molecule has 0 radical (unpaired) electrons. The summed E-state index contributed by atoms with van der Waals surface area (Å²) in [5.74, 6) is -0.363. The van der Waals surface area contributed by atoms with Crippen molar-refractivity contribution in [3.05, 3.63) is 33.7 Å². The molecule has 21 heavy (non-hydrogen) atoms. The van der Waals surface area contributed by atoms with E-state index < -0.39 is 12.0 Å². The number of carbonyl (C=O) groups excluding carboxylic acids is 1. The van der Waals surface area contributed by atoms with Crippen LogP contribution in [0.2, 0.25) is 0 Å². The zero-order chi connectivity index (χ0) is 15.6. The molecule has 0 unspecified atom stereocenters. The molecule has 2 aromatic rings. The lowest BCUT2D eigenvalue weighted by atomic mass is 10.2. The SMILES string of the molecule is Cc1nc(NC(=O)NCc2cc(C(=O)O)c(C)o2)sc1C. The number of anilines is 1. The zero-order valence-corrected chi connectivity index (χ0v) is 12.6. The summed E-state index contributed by atoms with van der Waals surface area (Å²) in [7, 11) is 0. The van der Waals surface area contributed by atoms with Crippen LogP contribution in [0.3, 0.4) is 0 Å². The van der Waals surface area contributed by atoms with Gasteiger partial charge in [-0.15, -0.1) is 11.3 Å². The van der Waals surface area contributed by atoms with Crippen molar-refractivity contribution in [2.24, 2.45) is 0 Å². The van der Waals surface area contributed by atoms with E-state index in [2.05, 4.69) is 15.6 Å². The van der Waals surface area contributed by atoms with Crippen LogP contribution in [-0.2, 0) is 6.54 Å². The number of aromatic nitrogens is 1. The first kappa shape index (κ1) is 15.0. The zero-order valence-electron chi connectivity index (χ0n) is 11.8. The lowest BCUT2D eigenvalue weighted by molar-refractivity contribution is 0.0695. The van der Waals surface area contributed by atoms with Crippen LogP contribution in [-0.4, -0.2) is 22.1 Å². The lowest BCUT2D eigenvalue weighted by Crippen LogP contribution is -2.27. The Morgan fingerprint density at radius 3 is 2.62 bits per heavy atom. The van der Waals surface area contributed by atoms with Gasteiger partial charge in [0.05, 0.1) is 12.2 Å². The Kier molecular flexibility index (Phi) is 4.27. The van der Waals surface area contributed by atoms with E-state index in [1.165, 1.54) is 17.4 Å². The van der Waals surface area contributed by atoms with Gasteiger partial charge < -0.3 is 14.8 Å². The van der Waals surface area contributed by atoms with E-state index in [4.69, 9.17) is 9.52 Å². The van der Waals surface area contributed by atoms with Crippen LogP contribution in [0, 0.1) is 20.8 Å². The molecule has 7 nitrogen and oxygen atoms in total. The molecular weight excluding hydrogens is 294 g/mol. The second kappa shape index (κ2) is 5.96. The standard InChI is InChI=1S/C13H15N3O4S/c1-6-8(3)21-13(15-6)16-12(19)14-5-9-4-10(11(17)18)7(2)20-9/h4H,5H2,1-3H3,(H,17,18)(H2,14,15,16,19). The molecule has 0 aliphatic carbocycles. The molecule has 0 saturated carbocycles. The third-order valence-corrected chi connectivity index (χ3v) is 3.86. The summed E-state index contributed by atoms with van der Waals surface area (Å²) in [6.07, 6.45) is 0. The summed E-state index contributed by atoms with van der Waals surface area (Å²) in [5.41, 5.74) is 0.974. The third-order valence-electron chi connectivity index (χ3n) is 2.87. The number of carboxylic acid groups (broad SMARTS) is 1. The van der Waals surface area contributed by atoms with Crippen molar-refractivity contribution < 1.29 is 19.1 Å². The number of hydrogen-bond donors (Lipinski definition) is 3. The minimum atomic E-state index is -1.05. The molecular formula is C13H15N3O4S. The van der Waals surface area contributed by atoms with Gasteiger partial charge in [-0.05, 0) is 26.8 Å². The first-order chi connectivity index (χ1) is 9.86. The van der Waals surface area contributed by atoms with Gasteiger partial charge in [0.2, 0.25) is 0 Å². The molecule has 3 N–H and O–H groups in total. The summed E-state index contributed by atoms with van der Waals surface area (Å²) < 4.78 is 5.26. The van der Waals surface area contributed by atoms with E-state index in [1.54, 1.807) is 6.92 Å². The number of nitrogens with zero attached hydrogens (tertiary/aromatic N) is 1. The van der Waals surface area contributed by atoms with Gasteiger partial charge in [0.25, 0.3) is 0 Å². The van der Waals surface area contributed by atoms with Crippen LogP contribution in [0.25, 0.3) is 0 Å². The van der Waals surface area contributed by atoms with Crippen LogP contribution >= 0.6 is 11.3 Å². The molecule has 0 saturated heterocycles. The molecule has 0 aliphatic rings. The van der Waals surface area contributed by atoms with Gasteiger partial charge in [-0.25, -0.2) is 14.6 Å². The molecule has 2 aromatic heterocycles. The maximum atomic E-state index is 11.7. The smallest absolute Gasteiger partial charge is 0.339 e. The molecule has 2 rings (SSSR count). The van der Waals surface area contributed by atoms with Crippen LogP contribution in [0.4, 0.5) is 9.93 Å². The summed E-state index contributed by atoms with van der Waals surface area (Å²) in [6.45, 7) is 5.46. The Balaban J connectivity index is 1.92. The molecule has 0 atom stereocenters. The van der Waals surface area contributed by atoms with Gasteiger partial charge in [0.1, 0.15) is 17.1 Å². The Labute approximate surface area is 125 Å². The number of carbonyl (C=O) groups is 2. The molecule has 0 aliphatic heterocycles. The quantitative estimate of drug-likeness (QED) is 0.805. The minimum Gasteiger partial charge on any atom is -0.478 e. The highest BCUT2D eigenvalue weighted by Gasteiger charge is 2.14. The van der Waals surface area contributed by atoms with Crippen molar-refractivity contribution in [2.45, 2.75) is 27.3 Å². The second-order valence-electron chi connectivity index (χ2n) is 4.46. The topological polar surface area (TPSA) is 104 Å². The molecule has 0 aromatic carbocycles. The fraction of sp³-hybridized carbons (Fsp3) is 0.308. The molecule has 0 spiro atoms. The van der Waals surface area contributed by atoms with E-state index in [9.17, 15) is 9.59 Å². The van der Waals surface area contributed by atoms with E-state index in [0.717, 1.165) is 10.6 Å². The maximum Gasteiger partial charge on any atom is 0.339 e. The molecule has 0 bridgehead atoms. The molecule has 112 valence electrons. The highest BCUT2D eigenvalue weighted by molar-refractivity contribution is 7.15. The van der Waals surface area contributed by atoms with Gasteiger partial charge in [-0.1, -0.05) is 0 Å². The van der Waals surface area contributed by atoms with Crippen LogP contribution < -0.4 is 10.6 Å².